The molecule has 0 unspecified atom stereocenters. The van der Waals surface area contributed by atoms with E-state index < -0.39 is 17.2 Å². The maximum absolute atomic E-state index is 11.0. The molecule has 5 aromatic rings. The van der Waals surface area contributed by atoms with Gasteiger partial charge in [0.1, 0.15) is 39.9 Å². The number of phenolic OH excluding ortho intramolecular Hbond substituents is 7. The molecule has 0 amide bonds. The summed E-state index contributed by atoms with van der Waals surface area (Å²) in [5.41, 5.74) is 0.176. The average molecular weight is 478 g/mol. The SMILES string of the molecule is Oc1cc(O)cc(Oc2c(O)cc(O)c3c2Oc2c(cc4oc5cc(O)cc(O)c5c4c2O)O3)c1. The number of hydrogen-bond acceptors (Lipinski definition) is 11. The van der Waals surface area contributed by atoms with Gasteiger partial charge in [0.2, 0.25) is 23.0 Å². The van der Waals surface area contributed by atoms with Crippen molar-refractivity contribution in [2.45, 2.75) is 0 Å². The van der Waals surface area contributed by atoms with Crippen LogP contribution in [0.3, 0.4) is 0 Å². The molecule has 1 aliphatic heterocycles. The third kappa shape index (κ3) is 2.99. The normalized spacial score (nSPS) is 12.1. The highest BCUT2D eigenvalue weighted by Gasteiger charge is 2.33. The van der Waals surface area contributed by atoms with E-state index in [2.05, 4.69) is 0 Å². The topological polar surface area (TPSA) is 182 Å². The van der Waals surface area contributed by atoms with Gasteiger partial charge in [-0.15, -0.1) is 0 Å². The minimum absolute atomic E-state index is 0.0628. The van der Waals surface area contributed by atoms with Crippen molar-refractivity contribution in [2.24, 2.45) is 0 Å². The van der Waals surface area contributed by atoms with Gasteiger partial charge in [-0.3, -0.25) is 0 Å². The Bertz CT molecular complexity index is 1680. The summed E-state index contributed by atoms with van der Waals surface area (Å²) in [6.07, 6.45) is 0. The van der Waals surface area contributed by atoms with Crippen molar-refractivity contribution < 1.29 is 54.4 Å². The van der Waals surface area contributed by atoms with Gasteiger partial charge < -0.3 is 54.4 Å². The lowest BCUT2D eigenvalue weighted by atomic mass is 10.1. The van der Waals surface area contributed by atoms with Gasteiger partial charge in [-0.2, -0.15) is 0 Å². The van der Waals surface area contributed by atoms with Crippen LogP contribution in [-0.4, -0.2) is 35.7 Å². The zero-order valence-electron chi connectivity index (χ0n) is 17.3. The predicted molar refractivity (Wildman–Crippen MR) is 118 cm³/mol. The van der Waals surface area contributed by atoms with E-state index in [0.29, 0.717) is 0 Å². The van der Waals surface area contributed by atoms with Gasteiger partial charge in [0.25, 0.3) is 0 Å². The van der Waals surface area contributed by atoms with Crippen molar-refractivity contribution in [3.63, 3.8) is 0 Å². The van der Waals surface area contributed by atoms with Gasteiger partial charge in [-0.05, 0) is 0 Å². The predicted octanol–water partition coefficient (Wildman–Crippen LogP) is 5.22. The summed E-state index contributed by atoms with van der Waals surface area (Å²) >= 11 is 0. The van der Waals surface area contributed by atoms with Crippen molar-refractivity contribution in [3.05, 3.63) is 42.5 Å². The minimum atomic E-state index is -0.571. The molecular weight excluding hydrogens is 464 g/mol. The number of phenols is 7. The summed E-state index contributed by atoms with van der Waals surface area (Å²) in [5.74, 6) is -4.12. The first kappa shape index (κ1) is 20.3. The molecule has 176 valence electrons. The largest absolute Gasteiger partial charge is 0.508 e. The fourth-order valence-corrected chi connectivity index (χ4v) is 3.98. The Morgan fingerprint density at radius 2 is 1.23 bits per heavy atom. The van der Waals surface area contributed by atoms with Gasteiger partial charge in [-0.1, -0.05) is 0 Å². The van der Waals surface area contributed by atoms with Crippen LogP contribution in [0.5, 0.6) is 74.7 Å². The number of hydrogen-bond donors (Lipinski definition) is 7. The Morgan fingerprint density at radius 3 is 1.97 bits per heavy atom. The second kappa shape index (κ2) is 6.84. The van der Waals surface area contributed by atoms with Gasteiger partial charge >= 0.3 is 0 Å². The fraction of sp³-hybridized carbons (Fsp3) is 0. The van der Waals surface area contributed by atoms with Gasteiger partial charge in [-0.25, -0.2) is 0 Å². The van der Waals surface area contributed by atoms with E-state index in [1.165, 1.54) is 12.1 Å². The molecule has 2 heterocycles. The summed E-state index contributed by atoms with van der Waals surface area (Å²) in [4.78, 5) is 0. The lowest BCUT2D eigenvalue weighted by Crippen LogP contribution is -2.02. The van der Waals surface area contributed by atoms with Crippen LogP contribution < -0.4 is 14.2 Å². The van der Waals surface area contributed by atoms with Crippen LogP contribution in [0.25, 0.3) is 21.9 Å². The van der Waals surface area contributed by atoms with Crippen LogP contribution in [0.4, 0.5) is 0 Å². The van der Waals surface area contributed by atoms with Crippen LogP contribution in [0.15, 0.2) is 46.9 Å². The summed E-state index contributed by atoms with van der Waals surface area (Å²) in [5, 5.41) is 71.5. The first-order valence-corrected chi connectivity index (χ1v) is 9.99. The van der Waals surface area contributed by atoms with E-state index in [1.807, 2.05) is 0 Å². The zero-order chi connectivity index (χ0) is 24.6. The van der Waals surface area contributed by atoms with Gasteiger partial charge in [0.05, 0.1) is 10.8 Å². The van der Waals surface area contributed by atoms with E-state index in [4.69, 9.17) is 18.6 Å². The van der Waals surface area contributed by atoms with E-state index in [-0.39, 0.29) is 79.4 Å². The Morgan fingerprint density at radius 1 is 0.543 bits per heavy atom. The molecule has 0 fully saturated rings. The van der Waals surface area contributed by atoms with Crippen molar-refractivity contribution in [3.8, 4) is 74.7 Å². The van der Waals surface area contributed by atoms with E-state index >= 15 is 0 Å². The Balaban J connectivity index is 1.54. The maximum atomic E-state index is 11.0. The molecule has 6 rings (SSSR count). The second-order valence-corrected chi connectivity index (χ2v) is 7.76. The fourth-order valence-electron chi connectivity index (χ4n) is 3.98. The Labute approximate surface area is 194 Å². The molecule has 0 spiro atoms. The Kier molecular flexibility index (Phi) is 3.97. The number of benzene rings is 4. The number of fused-ring (bicyclic) bond motifs is 5. The number of aromatic hydroxyl groups is 7. The van der Waals surface area contributed by atoms with E-state index in [9.17, 15) is 35.7 Å². The molecular formula is C24H14O11. The molecule has 11 heteroatoms. The van der Waals surface area contributed by atoms with Crippen molar-refractivity contribution in [1.29, 1.82) is 0 Å². The molecule has 7 N–H and O–H groups in total. The standard InChI is InChI=1S/C24H14O11/c25-8-1-9(26)3-11(2-8)32-21-13(29)6-14(30)22-24(21)35-23-17(34-22)7-16-19(20(23)31)18-12(28)4-10(27)5-15(18)33-16/h1-7,25-31H. The monoisotopic (exact) mass is 478 g/mol. The van der Waals surface area contributed by atoms with Gasteiger partial charge in [0, 0.05) is 42.5 Å². The lowest BCUT2D eigenvalue weighted by molar-refractivity contribution is 0.302. The summed E-state index contributed by atoms with van der Waals surface area (Å²) < 4.78 is 22.8. The maximum Gasteiger partial charge on any atom is 0.220 e. The summed E-state index contributed by atoms with van der Waals surface area (Å²) in [6.45, 7) is 0. The number of furan rings is 1. The summed E-state index contributed by atoms with van der Waals surface area (Å²) in [6, 6.07) is 8.01. The average Bonchev–Trinajstić information content (AvgIpc) is 3.14. The number of ether oxygens (including phenoxy) is 3. The van der Waals surface area contributed by atoms with Crippen LogP contribution in [0.1, 0.15) is 0 Å². The highest BCUT2D eigenvalue weighted by atomic mass is 16.6. The van der Waals surface area contributed by atoms with Crippen LogP contribution in [0.2, 0.25) is 0 Å². The van der Waals surface area contributed by atoms with E-state index in [0.717, 1.165) is 30.3 Å². The molecule has 0 atom stereocenters. The third-order valence-corrected chi connectivity index (χ3v) is 5.38. The smallest absolute Gasteiger partial charge is 0.220 e. The molecule has 0 radical (unpaired) electrons. The molecule has 1 aromatic heterocycles. The van der Waals surface area contributed by atoms with Crippen LogP contribution >= 0.6 is 0 Å². The van der Waals surface area contributed by atoms with Crippen LogP contribution in [-0.2, 0) is 0 Å². The highest BCUT2D eigenvalue weighted by Crippen LogP contribution is 2.61. The molecule has 11 nitrogen and oxygen atoms in total. The first-order valence-electron chi connectivity index (χ1n) is 9.99. The molecule has 35 heavy (non-hydrogen) atoms. The van der Waals surface area contributed by atoms with Crippen molar-refractivity contribution in [1.82, 2.24) is 0 Å². The molecule has 0 bridgehead atoms. The minimum Gasteiger partial charge on any atom is -0.508 e. The molecule has 0 saturated carbocycles. The van der Waals surface area contributed by atoms with Crippen LogP contribution in [0, 0.1) is 0 Å². The molecule has 1 aliphatic rings. The van der Waals surface area contributed by atoms with E-state index in [1.54, 1.807) is 0 Å². The molecule has 0 aliphatic carbocycles. The first-order chi connectivity index (χ1) is 16.7. The quantitative estimate of drug-likeness (QED) is 0.173. The van der Waals surface area contributed by atoms with Crippen molar-refractivity contribution >= 4 is 21.9 Å². The molecule has 4 aromatic carbocycles. The van der Waals surface area contributed by atoms with Crippen molar-refractivity contribution in [2.75, 3.05) is 0 Å². The Hall–Kier alpha value is -5.32. The summed E-state index contributed by atoms with van der Waals surface area (Å²) in [7, 11) is 0. The lowest BCUT2D eigenvalue weighted by Gasteiger charge is -2.24. The molecule has 0 saturated heterocycles. The zero-order valence-corrected chi connectivity index (χ0v) is 17.3. The number of rotatable bonds is 2. The third-order valence-electron chi connectivity index (χ3n) is 5.38. The van der Waals surface area contributed by atoms with Gasteiger partial charge in [0.15, 0.2) is 23.0 Å². The highest BCUT2D eigenvalue weighted by molar-refractivity contribution is 6.13. The second-order valence-electron chi connectivity index (χ2n) is 7.76.